The first-order valence-corrected chi connectivity index (χ1v) is 9.64. The Kier molecular flexibility index (Phi) is 3.33. The largest absolute Gasteiger partial charge is 0.493 e. The topological polar surface area (TPSA) is 74.3 Å². The van der Waals surface area contributed by atoms with Gasteiger partial charge in [-0.15, -0.1) is 0 Å². The van der Waals surface area contributed by atoms with Gasteiger partial charge in [0.15, 0.2) is 22.8 Å². The molecule has 2 fully saturated rings. The van der Waals surface area contributed by atoms with Crippen molar-refractivity contribution in [1.82, 2.24) is 4.90 Å². The smallest absolute Gasteiger partial charge is 0.308 e. The van der Waals surface area contributed by atoms with Crippen LogP contribution in [0.5, 0.6) is 11.5 Å². The summed E-state index contributed by atoms with van der Waals surface area (Å²) in [6, 6.07) is 3.81. The Morgan fingerprint density at radius 2 is 1.92 bits per heavy atom. The fourth-order valence-electron chi connectivity index (χ4n) is 4.89. The highest BCUT2D eigenvalue weighted by molar-refractivity contribution is 7.75. The van der Waals surface area contributed by atoms with Gasteiger partial charge in [-0.2, -0.15) is 4.21 Å². The van der Waals surface area contributed by atoms with Gasteiger partial charge in [-0.1, -0.05) is 0 Å². The van der Waals surface area contributed by atoms with Crippen molar-refractivity contribution in [1.29, 1.82) is 0 Å². The second kappa shape index (κ2) is 5.31. The van der Waals surface area contributed by atoms with Gasteiger partial charge < -0.3 is 14.4 Å². The van der Waals surface area contributed by atoms with Crippen LogP contribution in [0.15, 0.2) is 18.2 Å². The van der Waals surface area contributed by atoms with E-state index in [4.69, 9.17) is 17.8 Å². The van der Waals surface area contributed by atoms with E-state index >= 15 is 0 Å². The number of ether oxygens (including phenoxy) is 2. The first kappa shape index (κ1) is 16.3. The van der Waals surface area contributed by atoms with Gasteiger partial charge >= 0.3 is 11.4 Å². The molecule has 1 amide bonds. The summed E-state index contributed by atoms with van der Waals surface area (Å²) in [4.78, 5) is 14.5. The number of nitrogens with zero attached hydrogens (tertiary/aromatic N) is 1. The van der Waals surface area contributed by atoms with Gasteiger partial charge in [0, 0.05) is 24.6 Å². The lowest BCUT2D eigenvalue weighted by molar-refractivity contribution is -0.157. The predicted octanol–water partition coefficient (Wildman–Crippen LogP) is 1.73. The van der Waals surface area contributed by atoms with E-state index in [1.54, 1.807) is 25.2 Å². The number of methoxy groups -OCH3 is 2. The SMILES string of the molecule is COc1cc2c(cc1OC)C1=CC(=O)N3CCCC34OS(=O)OC14CC2. The number of carbonyl (C=O) groups is 1. The number of carbonyl (C=O) groups excluding carboxylic acids is 1. The molecule has 4 aliphatic rings. The number of fused-ring (bicyclic) bond motifs is 2. The molecule has 3 heterocycles. The van der Waals surface area contributed by atoms with Gasteiger partial charge in [-0.25, -0.2) is 4.18 Å². The minimum atomic E-state index is -1.89. The Morgan fingerprint density at radius 1 is 1.15 bits per heavy atom. The maximum absolute atomic E-state index is 12.8. The Hall–Kier alpha value is -1.90. The standard InChI is InChI=1S/C18H19NO6S/c1-22-14-8-11-4-6-17-13(12(11)9-15(14)23-2)10-16(20)19-7-3-5-18(17,19)25-26(21)24-17/h8-10H,3-7H2,1-2H3. The third kappa shape index (κ3) is 1.79. The predicted molar refractivity (Wildman–Crippen MR) is 92.6 cm³/mol. The molecule has 0 bridgehead atoms. The van der Waals surface area contributed by atoms with Crippen molar-refractivity contribution in [3.8, 4) is 11.5 Å². The first-order valence-electron chi connectivity index (χ1n) is 8.64. The highest BCUT2D eigenvalue weighted by atomic mass is 32.2. The van der Waals surface area contributed by atoms with Gasteiger partial charge in [0.25, 0.3) is 0 Å². The van der Waals surface area contributed by atoms with Crippen LogP contribution in [0.4, 0.5) is 0 Å². The van der Waals surface area contributed by atoms with Crippen molar-refractivity contribution < 1.29 is 26.8 Å². The van der Waals surface area contributed by atoms with Crippen LogP contribution < -0.4 is 9.47 Å². The minimum Gasteiger partial charge on any atom is -0.493 e. The van der Waals surface area contributed by atoms with Crippen LogP contribution in [-0.2, 0) is 30.9 Å². The van der Waals surface area contributed by atoms with Gasteiger partial charge in [-0.05, 0) is 42.5 Å². The molecule has 3 aliphatic heterocycles. The van der Waals surface area contributed by atoms with E-state index in [-0.39, 0.29) is 5.91 Å². The molecule has 8 heteroatoms. The van der Waals surface area contributed by atoms with Crippen LogP contribution in [-0.4, -0.2) is 47.1 Å². The third-order valence-corrected chi connectivity index (χ3v) is 6.83. The van der Waals surface area contributed by atoms with E-state index in [2.05, 4.69) is 0 Å². The highest BCUT2D eigenvalue weighted by Crippen LogP contribution is 2.60. The molecule has 3 unspecified atom stereocenters. The van der Waals surface area contributed by atoms with E-state index in [1.807, 2.05) is 12.1 Å². The van der Waals surface area contributed by atoms with Crippen LogP contribution in [0.3, 0.4) is 0 Å². The van der Waals surface area contributed by atoms with E-state index in [1.165, 1.54) is 0 Å². The second-order valence-corrected chi connectivity index (χ2v) is 7.74. The quantitative estimate of drug-likeness (QED) is 0.782. The van der Waals surface area contributed by atoms with Crippen molar-refractivity contribution >= 4 is 22.8 Å². The molecule has 26 heavy (non-hydrogen) atoms. The van der Waals surface area contributed by atoms with Gasteiger partial charge in [0.2, 0.25) is 5.91 Å². The fraction of sp³-hybridized carbons (Fsp3) is 0.500. The molecular formula is C18H19NO6S. The molecule has 2 spiro atoms. The molecular weight excluding hydrogens is 358 g/mol. The summed E-state index contributed by atoms with van der Waals surface area (Å²) in [7, 11) is 3.17. The summed E-state index contributed by atoms with van der Waals surface area (Å²) < 4.78 is 34.8. The van der Waals surface area contributed by atoms with Crippen LogP contribution in [0.25, 0.3) is 5.57 Å². The molecule has 2 saturated heterocycles. The zero-order valence-corrected chi connectivity index (χ0v) is 15.4. The number of rotatable bonds is 2. The zero-order chi connectivity index (χ0) is 18.1. The van der Waals surface area contributed by atoms with Crippen LogP contribution >= 0.6 is 0 Å². The van der Waals surface area contributed by atoms with Crippen molar-refractivity contribution in [3.63, 3.8) is 0 Å². The average molecular weight is 377 g/mol. The summed E-state index contributed by atoms with van der Waals surface area (Å²) in [5.74, 6) is 1.10. The van der Waals surface area contributed by atoms with Crippen LogP contribution in [0, 0.1) is 0 Å². The maximum atomic E-state index is 12.8. The van der Waals surface area contributed by atoms with E-state index in [0.717, 1.165) is 23.1 Å². The molecule has 1 aliphatic carbocycles. The normalized spacial score (nSPS) is 34.5. The summed E-state index contributed by atoms with van der Waals surface area (Å²) in [6.45, 7) is 0.587. The summed E-state index contributed by atoms with van der Waals surface area (Å²) in [5, 5.41) is 0. The number of hydrogen-bond acceptors (Lipinski definition) is 6. The van der Waals surface area contributed by atoms with Crippen molar-refractivity contribution in [2.45, 2.75) is 37.0 Å². The molecule has 3 atom stereocenters. The van der Waals surface area contributed by atoms with Gasteiger partial charge in [-0.3, -0.25) is 8.98 Å². The van der Waals surface area contributed by atoms with Gasteiger partial charge in [0.05, 0.1) is 14.2 Å². The molecule has 7 nitrogen and oxygen atoms in total. The molecule has 138 valence electrons. The third-order valence-electron chi connectivity index (χ3n) is 6.00. The Bertz CT molecular complexity index is 883. The second-order valence-electron chi connectivity index (χ2n) is 7.00. The van der Waals surface area contributed by atoms with Crippen LogP contribution in [0.2, 0.25) is 0 Å². The Labute approximate surface area is 153 Å². The summed E-state index contributed by atoms with van der Waals surface area (Å²) in [6.07, 6.45) is 4.33. The average Bonchev–Trinajstić information content (AvgIpc) is 3.19. The van der Waals surface area contributed by atoms with Gasteiger partial charge in [0.1, 0.15) is 0 Å². The zero-order valence-electron chi connectivity index (χ0n) is 14.6. The van der Waals surface area contributed by atoms with E-state index in [9.17, 15) is 9.00 Å². The lowest BCUT2D eigenvalue weighted by atomic mass is 9.68. The van der Waals surface area contributed by atoms with Crippen molar-refractivity contribution in [2.24, 2.45) is 0 Å². The Balaban J connectivity index is 1.76. The first-order chi connectivity index (χ1) is 12.5. The molecule has 0 saturated carbocycles. The Morgan fingerprint density at radius 3 is 2.69 bits per heavy atom. The lowest BCUT2D eigenvalue weighted by Crippen LogP contribution is -2.64. The number of hydrogen-bond donors (Lipinski definition) is 0. The minimum absolute atomic E-state index is 0.127. The van der Waals surface area contributed by atoms with E-state index < -0.39 is 22.7 Å². The molecule has 0 radical (unpaired) electrons. The number of benzene rings is 1. The molecule has 1 aromatic rings. The van der Waals surface area contributed by atoms with E-state index in [0.29, 0.717) is 37.3 Å². The number of amides is 1. The molecule has 0 aromatic heterocycles. The monoisotopic (exact) mass is 377 g/mol. The summed E-state index contributed by atoms with van der Waals surface area (Å²) >= 11 is -1.89. The fourth-order valence-corrected chi connectivity index (χ4v) is 6.00. The number of aryl methyl sites for hydroxylation is 1. The molecule has 5 rings (SSSR count). The lowest BCUT2D eigenvalue weighted by Gasteiger charge is -2.50. The highest BCUT2D eigenvalue weighted by Gasteiger charge is 2.71. The molecule has 1 aromatic carbocycles. The van der Waals surface area contributed by atoms with Crippen molar-refractivity contribution in [2.75, 3.05) is 20.8 Å². The maximum Gasteiger partial charge on any atom is 0.308 e. The van der Waals surface area contributed by atoms with Crippen LogP contribution in [0.1, 0.15) is 30.4 Å². The molecule has 0 N–H and O–H groups in total. The van der Waals surface area contributed by atoms with Crippen molar-refractivity contribution in [3.05, 3.63) is 29.3 Å². The summed E-state index contributed by atoms with van der Waals surface area (Å²) in [5.41, 5.74) is 0.762.